The van der Waals surface area contributed by atoms with Crippen LogP contribution < -0.4 is 19.8 Å². The van der Waals surface area contributed by atoms with Gasteiger partial charge >= 0.3 is 0 Å². The number of anilines is 1. The van der Waals surface area contributed by atoms with Gasteiger partial charge in [-0.25, -0.2) is 0 Å². The van der Waals surface area contributed by atoms with Gasteiger partial charge in [0, 0.05) is 18.7 Å². The second-order valence-electron chi connectivity index (χ2n) is 11.3. The van der Waals surface area contributed by atoms with Gasteiger partial charge in [-0.1, -0.05) is 68.5 Å². The smallest absolute Gasteiger partial charge is 0.263 e. The highest BCUT2D eigenvalue weighted by Gasteiger charge is 2.33. The number of hydrogen-bond donors (Lipinski definition) is 1. The number of likely N-dealkylation sites (N-methyl/N-ethyl adjacent to an activating group) is 1. The average molecular weight is 570 g/mol. The maximum Gasteiger partial charge on any atom is 0.263 e. The Kier molecular flexibility index (Phi) is 10.0. The van der Waals surface area contributed by atoms with E-state index in [9.17, 15) is 9.59 Å². The lowest BCUT2D eigenvalue weighted by Gasteiger charge is -2.36. The van der Waals surface area contributed by atoms with E-state index >= 15 is 0 Å². The summed E-state index contributed by atoms with van der Waals surface area (Å²) in [5.41, 5.74) is 3.79. The number of fused-ring (bicyclic) bond motifs is 1. The van der Waals surface area contributed by atoms with Gasteiger partial charge < -0.3 is 14.8 Å². The Bertz CT molecular complexity index is 1340. The van der Waals surface area contributed by atoms with E-state index in [0.717, 1.165) is 35.4 Å². The first-order chi connectivity index (χ1) is 20.6. The van der Waals surface area contributed by atoms with Crippen molar-refractivity contribution in [1.29, 1.82) is 0 Å². The van der Waals surface area contributed by atoms with E-state index in [-0.39, 0.29) is 11.8 Å². The molecule has 1 saturated carbocycles. The molecule has 2 aliphatic rings. The number of benzene rings is 3. The van der Waals surface area contributed by atoms with Crippen molar-refractivity contribution in [3.8, 4) is 11.5 Å². The fourth-order valence-electron chi connectivity index (χ4n) is 6.21. The number of nitrogens with zero attached hydrogens (tertiary/aromatic N) is 2. The third-order valence-corrected chi connectivity index (χ3v) is 8.54. The first-order valence-electron chi connectivity index (χ1n) is 15.4. The quantitative estimate of drug-likeness (QED) is 0.268. The van der Waals surface area contributed by atoms with Crippen LogP contribution in [0.1, 0.15) is 73.4 Å². The zero-order chi connectivity index (χ0) is 29.3. The minimum Gasteiger partial charge on any atom is -0.497 e. The molecule has 0 radical (unpaired) electrons. The molecule has 7 heteroatoms. The number of carbonyl (C=O) groups is 2. The van der Waals surface area contributed by atoms with Crippen LogP contribution in [0.4, 0.5) is 5.69 Å². The number of methoxy groups -OCH3 is 1. The number of carbonyl (C=O) groups excluding carboxylic acids is 2. The van der Waals surface area contributed by atoms with Gasteiger partial charge in [0.05, 0.1) is 12.8 Å². The Morgan fingerprint density at radius 3 is 2.55 bits per heavy atom. The Balaban J connectivity index is 1.30. The number of hydrogen-bond acceptors (Lipinski definition) is 5. The van der Waals surface area contributed by atoms with E-state index in [1.807, 2.05) is 48.3 Å². The molecule has 1 heterocycles. The summed E-state index contributed by atoms with van der Waals surface area (Å²) >= 11 is 0. The van der Waals surface area contributed by atoms with Crippen LogP contribution in [0.5, 0.6) is 11.5 Å². The van der Waals surface area contributed by atoms with E-state index in [2.05, 4.69) is 28.5 Å². The zero-order valence-corrected chi connectivity index (χ0v) is 24.9. The maximum atomic E-state index is 14.2. The van der Waals surface area contributed by atoms with E-state index in [0.29, 0.717) is 43.3 Å². The van der Waals surface area contributed by atoms with Crippen LogP contribution in [0.2, 0.25) is 0 Å². The molecular formula is C35H43N3O4. The fraction of sp³-hybridized carbons (Fsp3) is 0.429. The van der Waals surface area contributed by atoms with E-state index < -0.39 is 6.04 Å². The molecule has 1 fully saturated rings. The molecule has 1 unspecified atom stereocenters. The summed E-state index contributed by atoms with van der Waals surface area (Å²) in [7, 11) is 1.58. The molecule has 222 valence electrons. The van der Waals surface area contributed by atoms with Crippen molar-refractivity contribution >= 4 is 17.5 Å². The zero-order valence-electron chi connectivity index (χ0n) is 24.9. The molecule has 1 N–H and O–H groups in total. The fourth-order valence-corrected chi connectivity index (χ4v) is 6.21. The van der Waals surface area contributed by atoms with Crippen molar-refractivity contribution in [2.75, 3.05) is 25.2 Å². The Morgan fingerprint density at radius 2 is 1.79 bits per heavy atom. The molecule has 5 rings (SSSR count). The van der Waals surface area contributed by atoms with Gasteiger partial charge in [0.2, 0.25) is 0 Å². The largest absolute Gasteiger partial charge is 0.497 e. The minimum atomic E-state index is -0.608. The second kappa shape index (κ2) is 14.3. The molecule has 42 heavy (non-hydrogen) atoms. The second-order valence-corrected chi connectivity index (χ2v) is 11.3. The van der Waals surface area contributed by atoms with Crippen molar-refractivity contribution in [3.05, 3.63) is 89.5 Å². The third kappa shape index (κ3) is 7.25. The normalized spacial score (nSPS) is 15.5. The van der Waals surface area contributed by atoms with Gasteiger partial charge in [-0.3, -0.25) is 19.6 Å². The van der Waals surface area contributed by atoms with E-state index in [1.165, 1.54) is 32.1 Å². The minimum absolute atomic E-state index is 0.0678. The number of nitrogens with one attached hydrogen (secondary N) is 1. The lowest BCUT2D eigenvalue weighted by atomic mass is 9.85. The van der Waals surface area contributed by atoms with Crippen molar-refractivity contribution < 1.29 is 19.1 Å². The lowest BCUT2D eigenvalue weighted by Crippen LogP contribution is -2.54. The topological polar surface area (TPSA) is 71.1 Å². The SMILES string of the molecule is CCN(C(=O)C(CCC1CCCCC1)NC(=O)c1cccc(OC)c1)N1CCc2cc(OCc3ccccc3)ccc21. The van der Waals surface area contributed by atoms with Crippen LogP contribution in [-0.4, -0.2) is 43.1 Å². The summed E-state index contributed by atoms with van der Waals surface area (Å²) in [6.45, 7) is 3.73. The molecule has 0 aromatic heterocycles. The van der Waals surface area contributed by atoms with Crippen molar-refractivity contribution in [2.45, 2.75) is 70.9 Å². The number of hydrazine groups is 1. The first-order valence-corrected chi connectivity index (χ1v) is 15.4. The van der Waals surface area contributed by atoms with Crippen LogP contribution in [0.3, 0.4) is 0 Å². The summed E-state index contributed by atoms with van der Waals surface area (Å²) in [6.07, 6.45) is 8.60. The molecule has 1 aliphatic heterocycles. The Hall–Kier alpha value is -4.00. The van der Waals surface area contributed by atoms with Crippen molar-refractivity contribution in [2.24, 2.45) is 5.92 Å². The highest BCUT2D eigenvalue weighted by Crippen LogP contribution is 2.34. The van der Waals surface area contributed by atoms with Crippen LogP contribution in [0.15, 0.2) is 72.8 Å². The number of amides is 2. The molecule has 0 bridgehead atoms. The summed E-state index contributed by atoms with van der Waals surface area (Å²) in [5, 5.41) is 6.98. The van der Waals surface area contributed by atoms with Crippen LogP contribution in [0.25, 0.3) is 0 Å². The predicted octanol–water partition coefficient (Wildman–Crippen LogP) is 6.56. The van der Waals surface area contributed by atoms with Gasteiger partial charge in [0.1, 0.15) is 24.1 Å². The van der Waals surface area contributed by atoms with E-state index in [1.54, 1.807) is 25.3 Å². The van der Waals surface area contributed by atoms with Gasteiger partial charge in [-0.15, -0.1) is 0 Å². The maximum absolute atomic E-state index is 14.2. The highest BCUT2D eigenvalue weighted by atomic mass is 16.5. The molecule has 2 amide bonds. The van der Waals surface area contributed by atoms with Gasteiger partial charge in [-0.2, -0.15) is 0 Å². The lowest BCUT2D eigenvalue weighted by molar-refractivity contribution is -0.134. The molecular weight excluding hydrogens is 526 g/mol. The summed E-state index contributed by atoms with van der Waals surface area (Å²) in [5.74, 6) is 1.73. The van der Waals surface area contributed by atoms with E-state index in [4.69, 9.17) is 9.47 Å². The molecule has 3 aromatic rings. The standard InChI is InChI=1S/C35H43N3O4/c1-3-37(38-22-21-28-23-31(18-20-33(28)38)42-25-27-13-8-5-9-14-27)35(40)32(19-17-26-11-6-4-7-12-26)36-34(39)29-15-10-16-30(24-29)41-2/h5,8-10,13-16,18,20,23-24,26,32H,3-4,6-7,11-12,17,19,21-22,25H2,1-2H3,(H,36,39). The van der Waals surface area contributed by atoms with Gasteiger partial charge in [-0.05, 0) is 79.6 Å². The average Bonchev–Trinajstić information content (AvgIpc) is 3.46. The summed E-state index contributed by atoms with van der Waals surface area (Å²) < 4.78 is 11.4. The predicted molar refractivity (Wildman–Crippen MR) is 166 cm³/mol. The van der Waals surface area contributed by atoms with Gasteiger partial charge in [0.15, 0.2) is 0 Å². The van der Waals surface area contributed by atoms with Crippen LogP contribution in [-0.2, 0) is 17.8 Å². The van der Waals surface area contributed by atoms with Crippen LogP contribution >= 0.6 is 0 Å². The first kappa shape index (κ1) is 29.5. The van der Waals surface area contributed by atoms with Crippen molar-refractivity contribution in [3.63, 3.8) is 0 Å². The highest BCUT2D eigenvalue weighted by molar-refractivity contribution is 5.98. The Labute approximate surface area is 249 Å². The third-order valence-electron chi connectivity index (χ3n) is 8.54. The molecule has 0 spiro atoms. The molecule has 7 nitrogen and oxygen atoms in total. The summed E-state index contributed by atoms with van der Waals surface area (Å²) in [4.78, 5) is 27.5. The van der Waals surface area contributed by atoms with Crippen molar-refractivity contribution in [1.82, 2.24) is 10.3 Å². The van der Waals surface area contributed by atoms with Gasteiger partial charge in [0.25, 0.3) is 11.8 Å². The number of ether oxygens (including phenoxy) is 2. The molecule has 1 aliphatic carbocycles. The molecule has 1 atom stereocenters. The van der Waals surface area contributed by atoms with Crippen LogP contribution in [0, 0.1) is 5.92 Å². The number of rotatable bonds is 12. The summed E-state index contributed by atoms with van der Waals surface area (Å²) in [6, 6.07) is 22.7. The Morgan fingerprint density at radius 1 is 0.976 bits per heavy atom. The monoisotopic (exact) mass is 569 g/mol. The molecule has 0 saturated heterocycles. The molecule has 3 aromatic carbocycles.